The highest BCUT2D eigenvalue weighted by atomic mass is 32.1. The molecule has 2 atom stereocenters. The zero-order valence-electron chi connectivity index (χ0n) is 18.5. The lowest BCUT2D eigenvalue weighted by atomic mass is 10.0. The molecule has 2 aromatic carbocycles. The quantitative estimate of drug-likeness (QED) is 0.496. The first-order chi connectivity index (χ1) is 16.4. The largest absolute Gasteiger partial charge is 0.482 e. The minimum atomic E-state index is -4.82. The van der Waals surface area contributed by atoms with Gasteiger partial charge in [0.2, 0.25) is 0 Å². The molecule has 2 heterocycles. The number of hydrogen-bond acceptors (Lipinski definition) is 6. The second kappa shape index (κ2) is 8.75. The molecule has 0 saturated carbocycles. The zero-order valence-corrected chi connectivity index (χ0v) is 19.3. The Bertz CT molecular complexity index is 1240. The van der Waals surface area contributed by atoms with Gasteiger partial charge in [0.05, 0.1) is 36.1 Å². The van der Waals surface area contributed by atoms with Crippen LogP contribution in [0.3, 0.4) is 0 Å². The Morgan fingerprint density at radius 2 is 1.89 bits per heavy atom. The van der Waals surface area contributed by atoms with Gasteiger partial charge in [-0.1, -0.05) is 0 Å². The number of hydrogen-bond donors (Lipinski definition) is 1. The van der Waals surface area contributed by atoms with Crippen LogP contribution in [0.1, 0.15) is 25.0 Å². The van der Waals surface area contributed by atoms with Crippen LogP contribution in [0, 0.1) is 17.1 Å². The lowest BCUT2D eigenvalue weighted by Crippen LogP contribution is -2.44. The average Bonchev–Trinajstić information content (AvgIpc) is 3.26. The van der Waals surface area contributed by atoms with Crippen molar-refractivity contribution < 1.29 is 36.9 Å². The SMILES string of the molecule is CC1(C)C(=O)N(c2ccc(C#N)c(C(F)(F)F)c2)C(=S)N1c1ccc(O[C@@H]2COC[C@H]2O)c(F)c1. The summed E-state index contributed by atoms with van der Waals surface area (Å²) in [6, 6.07) is 8.19. The average molecular weight is 509 g/mol. The van der Waals surface area contributed by atoms with Crippen LogP contribution in [0.2, 0.25) is 0 Å². The number of nitriles is 1. The number of amides is 1. The summed E-state index contributed by atoms with van der Waals surface area (Å²) in [5, 5.41) is 18.7. The number of thiocarbonyl (C=S) groups is 1. The molecule has 7 nitrogen and oxygen atoms in total. The van der Waals surface area contributed by atoms with Crippen molar-refractivity contribution in [2.75, 3.05) is 23.0 Å². The van der Waals surface area contributed by atoms with E-state index < -0.39 is 46.8 Å². The van der Waals surface area contributed by atoms with Gasteiger partial charge in [0.25, 0.3) is 5.91 Å². The first-order valence-corrected chi connectivity index (χ1v) is 10.8. The standard InChI is InChI=1S/C23H19F4N3O4S/c1-22(2)20(32)29(13-4-3-12(9-28)15(7-13)23(25,26)27)21(35)30(22)14-5-6-18(16(24)8-14)34-19-11-33-10-17(19)31/h3-8,17,19,31H,10-11H2,1-2H3/t17-,19-/m1/s1. The van der Waals surface area contributed by atoms with E-state index in [1.54, 1.807) is 0 Å². The highest BCUT2D eigenvalue weighted by Crippen LogP contribution is 2.40. The number of ether oxygens (including phenoxy) is 2. The number of anilines is 2. The first-order valence-electron chi connectivity index (χ1n) is 10.4. The van der Waals surface area contributed by atoms with Crippen LogP contribution in [0.4, 0.5) is 28.9 Å². The molecule has 2 aliphatic heterocycles. The van der Waals surface area contributed by atoms with E-state index in [-0.39, 0.29) is 35.5 Å². The van der Waals surface area contributed by atoms with E-state index in [0.29, 0.717) is 6.07 Å². The van der Waals surface area contributed by atoms with E-state index in [2.05, 4.69) is 0 Å². The molecule has 0 unspecified atom stereocenters. The molecule has 2 saturated heterocycles. The minimum absolute atomic E-state index is 0.0734. The fourth-order valence-corrected chi connectivity index (χ4v) is 4.50. The van der Waals surface area contributed by atoms with Gasteiger partial charge in [-0.15, -0.1) is 0 Å². The van der Waals surface area contributed by atoms with Crippen molar-refractivity contribution in [3.05, 3.63) is 53.3 Å². The lowest BCUT2D eigenvalue weighted by molar-refractivity contribution is -0.137. The fraction of sp³-hybridized carbons (Fsp3) is 0.348. The number of carbonyl (C=O) groups is 1. The number of aliphatic hydroxyl groups is 1. The third kappa shape index (κ3) is 4.31. The Balaban J connectivity index is 1.68. The molecule has 0 aliphatic carbocycles. The molecular formula is C23H19F4N3O4S. The van der Waals surface area contributed by atoms with Gasteiger partial charge in [0.15, 0.2) is 22.8 Å². The van der Waals surface area contributed by atoms with Crippen LogP contribution >= 0.6 is 12.2 Å². The van der Waals surface area contributed by atoms with Crippen molar-refractivity contribution in [1.29, 1.82) is 5.26 Å². The number of nitrogens with zero attached hydrogens (tertiary/aromatic N) is 3. The van der Waals surface area contributed by atoms with Gasteiger partial charge in [-0.2, -0.15) is 18.4 Å². The third-order valence-electron chi connectivity index (χ3n) is 5.81. The van der Waals surface area contributed by atoms with Gasteiger partial charge in [-0.25, -0.2) is 4.39 Å². The maximum atomic E-state index is 14.9. The van der Waals surface area contributed by atoms with Crippen LogP contribution in [0.15, 0.2) is 36.4 Å². The molecule has 2 aliphatic rings. The molecule has 2 fully saturated rings. The van der Waals surface area contributed by atoms with Gasteiger partial charge < -0.3 is 19.5 Å². The molecule has 0 bridgehead atoms. The van der Waals surface area contributed by atoms with Crippen molar-refractivity contribution in [1.82, 2.24) is 0 Å². The third-order valence-corrected chi connectivity index (χ3v) is 6.17. The van der Waals surface area contributed by atoms with Gasteiger partial charge in [-0.05, 0) is 56.4 Å². The summed E-state index contributed by atoms with van der Waals surface area (Å²) >= 11 is 5.44. The molecule has 184 valence electrons. The summed E-state index contributed by atoms with van der Waals surface area (Å²) in [5.74, 6) is -1.56. The Morgan fingerprint density at radius 1 is 1.20 bits per heavy atom. The van der Waals surface area contributed by atoms with Crippen LogP contribution in [-0.2, 0) is 15.7 Å². The molecular weight excluding hydrogens is 490 g/mol. The summed E-state index contributed by atoms with van der Waals surface area (Å²) in [6.07, 6.45) is -6.47. The number of rotatable bonds is 4. The van der Waals surface area contributed by atoms with Gasteiger partial charge in [0, 0.05) is 11.8 Å². The fourth-order valence-electron chi connectivity index (χ4n) is 3.98. The summed E-state index contributed by atoms with van der Waals surface area (Å²) in [6.45, 7) is 3.18. The van der Waals surface area contributed by atoms with E-state index in [0.717, 1.165) is 17.0 Å². The van der Waals surface area contributed by atoms with Crippen LogP contribution in [0.5, 0.6) is 5.75 Å². The van der Waals surface area contributed by atoms with Gasteiger partial charge in [0.1, 0.15) is 11.6 Å². The Kier molecular flexibility index (Phi) is 6.21. The summed E-state index contributed by atoms with van der Waals surface area (Å²) in [5.41, 5.74) is -3.15. The van der Waals surface area contributed by atoms with Crippen LogP contribution in [-0.4, -0.2) is 47.1 Å². The molecule has 1 N–H and O–H groups in total. The summed E-state index contributed by atoms with van der Waals surface area (Å²) in [7, 11) is 0. The Morgan fingerprint density at radius 3 is 2.46 bits per heavy atom. The van der Waals surface area contributed by atoms with Crippen LogP contribution in [0.25, 0.3) is 0 Å². The van der Waals surface area contributed by atoms with E-state index in [1.165, 1.54) is 43.0 Å². The van der Waals surface area contributed by atoms with Crippen molar-refractivity contribution >= 4 is 34.6 Å². The zero-order chi connectivity index (χ0) is 25.7. The number of halogens is 4. The topological polar surface area (TPSA) is 86.0 Å². The molecule has 12 heteroatoms. The predicted octanol–water partition coefficient (Wildman–Crippen LogP) is 3.77. The van der Waals surface area contributed by atoms with Gasteiger partial charge >= 0.3 is 6.18 Å². The monoisotopic (exact) mass is 509 g/mol. The van der Waals surface area contributed by atoms with Crippen molar-refractivity contribution in [2.24, 2.45) is 0 Å². The lowest BCUT2D eigenvalue weighted by Gasteiger charge is -2.29. The molecule has 2 aromatic rings. The molecule has 1 amide bonds. The highest BCUT2D eigenvalue weighted by molar-refractivity contribution is 7.81. The Hall–Kier alpha value is -3.27. The second-order valence-corrected chi connectivity index (χ2v) is 8.90. The van der Waals surface area contributed by atoms with Crippen molar-refractivity contribution in [2.45, 2.75) is 37.8 Å². The highest BCUT2D eigenvalue weighted by Gasteiger charge is 2.51. The number of benzene rings is 2. The van der Waals surface area contributed by atoms with E-state index in [1.807, 2.05) is 0 Å². The molecule has 0 radical (unpaired) electrons. The second-order valence-electron chi connectivity index (χ2n) is 8.53. The van der Waals surface area contributed by atoms with E-state index >= 15 is 0 Å². The minimum Gasteiger partial charge on any atom is -0.482 e. The number of alkyl halides is 3. The van der Waals surface area contributed by atoms with E-state index in [9.17, 15) is 27.5 Å². The molecule has 35 heavy (non-hydrogen) atoms. The molecule has 0 aromatic heterocycles. The maximum absolute atomic E-state index is 14.9. The predicted molar refractivity (Wildman–Crippen MR) is 120 cm³/mol. The van der Waals surface area contributed by atoms with Crippen molar-refractivity contribution in [3.8, 4) is 11.8 Å². The van der Waals surface area contributed by atoms with Crippen LogP contribution < -0.4 is 14.5 Å². The number of carbonyl (C=O) groups excluding carboxylic acids is 1. The normalized spacial score (nSPS) is 22.0. The van der Waals surface area contributed by atoms with E-state index in [4.69, 9.17) is 27.0 Å². The smallest absolute Gasteiger partial charge is 0.417 e. The first kappa shape index (κ1) is 24.8. The van der Waals surface area contributed by atoms with Gasteiger partial charge in [-0.3, -0.25) is 9.69 Å². The summed E-state index contributed by atoms with van der Waals surface area (Å²) in [4.78, 5) is 15.5. The van der Waals surface area contributed by atoms with Crippen molar-refractivity contribution in [3.63, 3.8) is 0 Å². The summed E-state index contributed by atoms with van der Waals surface area (Å²) < 4.78 is 65.8. The maximum Gasteiger partial charge on any atom is 0.417 e. The molecule has 4 rings (SSSR count). The Labute approximate surface area is 203 Å². The number of aliphatic hydroxyl groups excluding tert-OH is 1. The molecule has 0 spiro atoms.